The van der Waals surface area contributed by atoms with E-state index in [-0.39, 0.29) is 24.5 Å². The molecule has 4 nitrogen and oxygen atoms in total. The summed E-state index contributed by atoms with van der Waals surface area (Å²) in [6, 6.07) is 6.08. The quantitative estimate of drug-likeness (QED) is 0.669. The summed E-state index contributed by atoms with van der Waals surface area (Å²) in [5, 5.41) is 17.6. The van der Waals surface area contributed by atoms with Gasteiger partial charge in [0.1, 0.15) is 17.9 Å². The van der Waals surface area contributed by atoms with Crippen LogP contribution in [-0.4, -0.2) is 29.4 Å². The van der Waals surface area contributed by atoms with Crippen molar-refractivity contribution in [2.45, 2.75) is 0 Å². The van der Waals surface area contributed by atoms with Crippen molar-refractivity contribution in [3.63, 3.8) is 0 Å². The molecule has 0 atom stereocenters. The van der Waals surface area contributed by atoms with Crippen molar-refractivity contribution < 1.29 is 19.7 Å². The van der Waals surface area contributed by atoms with Crippen LogP contribution in [0.25, 0.3) is 0 Å². The van der Waals surface area contributed by atoms with Gasteiger partial charge in [-0.2, -0.15) is 0 Å². The lowest BCUT2D eigenvalue weighted by Crippen LogP contribution is -2.08. The zero-order valence-corrected chi connectivity index (χ0v) is 6.93. The molecule has 4 heteroatoms. The summed E-state index contributed by atoms with van der Waals surface area (Å²) in [7, 11) is 0. The number of aliphatic hydroxyl groups excluding tert-OH is 1. The number of phenolic OH excluding ortho intramolecular Hbond substituents is 1. The van der Waals surface area contributed by atoms with Crippen LogP contribution in [0.15, 0.2) is 24.3 Å². The summed E-state index contributed by atoms with van der Waals surface area (Å²) in [4.78, 5) is 11.1. The first-order valence-corrected chi connectivity index (χ1v) is 3.81. The van der Waals surface area contributed by atoms with Gasteiger partial charge in [-0.15, -0.1) is 0 Å². The van der Waals surface area contributed by atoms with Crippen LogP contribution in [0, 0.1) is 0 Å². The molecule has 0 aliphatic rings. The molecule has 0 radical (unpaired) electrons. The van der Waals surface area contributed by atoms with Crippen LogP contribution in [0.5, 0.6) is 5.75 Å². The molecule has 1 aromatic rings. The number of carbonyl (C=O) groups is 1. The Balaban J connectivity index is 2.71. The molecule has 0 bridgehead atoms. The van der Waals surface area contributed by atoms with E-state index < -0.39 is 5.97 Å². The maximum Gasteiger partial charge on any atom is 0.341 e. The Labute approximate surface area is 75.4 Å². The van der Waals surface area contributed by atoms with Crippen LogP contribution >= 0.6 is 0 Å². The summed E-state index contributed by atoms with van der Waals surface area (Å²) < 4.78 is 4.61. The molecule has 0 saturated carbocycles. The highest BCUT2D eigenvalue weighted by atomic mass is 16.5. The van der Waals surface area contributed by atoms with E-state index in [1.807, 2.05) is 0 Å². The van der Waals surface area contributed by atoms with Crippen LogP contribution in [0.2, 0.25) is 0 Å². The van der Waals surface area contributed by atoms with Gasteiger partial charge in [0.2, 0.25) is 0 Å². The van der Waals surface area contributed by atoms with Crippen molar-refractivity contribution in [3.8, 4) is 5.75 Å². The highest BCUT2D eigenvalue weighted by molar-refractivity contribution is 5.92. The Morgan fingerprint density at radius 3 is 2.69 bits per heavy atom. The summed E-state index contributed by atoms with van der Waals surface area (Å²) >= 11 is 0. The molecule has 0 fully saturated rings. The second-order valence-corrected chi connectivity index (χ2v) is 2.38. The molecular weight excluding hydrogens is 172 g/mol. The molecule has 13 heavy (non-hydrogen) atoms. The first-order chi connectivity index (χ1) is 6.25. The largest absolute Gasteiger partial charge is 0.507 e. The number of esters is 1. The lowest BCUT2D eigenvalue weighted by atomic mass is 10.2. The second kappa shape index (κ2) is 4.47. The van der Waals surface area contributed by atoms with Crippen molar-refractivity contribution >= 4 is 5.97 Å². The van der Waals surface area contributed by atoms with E-state index in [0.29, 0.717) is 0 Å². The molecule has 1 aromatic carbocycles. The average molecular weight is 182 g/mol. The van der Waals surface area contributed by atoms with Gasteiger partial charge < -0.3 is 14.9 Å². The molecule has 0 aromatic heterocycles. The second-order valence-electron chi connectivity index (χ2n) is 2.38. The van der Waals surface area contributed by atoms with E-state index in [2.05, 4.69) is 4.74 Å². The first-order valence-electron chi connectivity index (χ1n) is 3.81. The van der Waals surface area contributed by atoms with E-state index in [1.54, 1.807) is 12.1 Å². The van der Waals surface area contributed by atoms with E-state index in [4.69, 9.17) is 5.11 Å². The third-order valence-electron chi connectivity index (χ3n) is 1.45. The highest BCUT2D eigenvalue weighted by Crippen LogP contribution is 2.16. The molecule has 1 rings (SSSR count). The fourth-order valence-electron chi connectivity index (χ4n) is 0.862. The van der Waals surface area contributed by atoms with Crippen LogP contribution < -0.4 is 0 Å². The van der Waals surface area contributed by atoms with E-state index in [9.17, 15) is 9.90 Å². The van der Waals surface area contributed by atoms with E-state index >= 15 is 0 Å². The standard InChI is InChI=1S/C9H10O4/c10-5-6-13-9(12)7-3-1-2-4-8(7)11/h1-4,10-11H,5-6H2. The van der Waals surface area contributed by atoms with Gasteiger partial charge in [-0.1, -0.05) is 12.1 Å². The maximum absolute atomic E-state index is 11.1. The molecule has 0 spiro atoms. The molecular formula is C9H10O4. The minimum absolute atomic E-state index is 0.0623. The van der Waals surface area contributed by atoms with Crippen molar-refractivity contribution in [1.82, 2.24) is 0 Å². The fourth-order valence-corrected chi connectivity index (χ4v) is 0.862. The van der Waals surface area contributed by atoms with Crippen molar-refractivity contribution in [1.29, 1.82) is 0 Å². The number of phenols is 1. The molecule has 0 aliphatic heterocycles. The number of carbonyl (C=O) groups excluding carboxylic acids is 1. The van der Waals surface area contributed by atoms with Gasteiger partial charge in [-0.25, -0.2) is 4.79 Å². The number of hydrogen-bond donors (Lipinski definition) is 2. The Hall–Kier alpha value is -1.55. The summed E-state index contributed by atoms with van der Waals surface area (Å²) in [5.41, 5.74) is 0.107. The number of hydrogen-bond acceptors (Lipinski definition) is 4. The summed E-state index contributed by atoms with van der Waals surface area (Å²) in [5.74, 6) is -0.752. The van der Waals surface area contributed by atoms with Crippen molar-refractivity contribution in [2.75, 3.05) is 13.2 Å². The summed E-state index contributed by atoms with van der Waals surface area (Å²) in [6.45, 7) is -0.285. The number of rotatable bonds is 3. The maximum atomic E-state index is 11.1. The minimum Gasteiger partial charge on any atom is -0.507 e. The van der Waals surface area contributed by atoms with Gasteiger partial charge in [0.05, 0.1) is 6.61 Å². The molecule has 0 unspecified atom stereocenters. The van der Waals surface area contributed by atoms with Gasteiger partial charge in [0.25, 0.3) is 0 Å². The third kappa shape index (κ3) is 2.45. The summed E-state index contributed by atoms with van der Waals surface area (Å²) in [6.07, 6.45) is 0. The molecule has 0 amide bonds. The van der Waals surface area contributed by atoms with Crippen LogP contribution in [-0.2, 0) is 4.74 Å². The smallest absolute Gasteiger partial charge is 0.341 e. The monoisotopic (exact) mass is 182 g/mol. The Morgan fingerprint density at radius 2 is 2.08 bits per heavy atom. The van der Waals surface area contributed by atoms with Gasteiger partial charge >= 0.3 is 5.97 Å². The Bertz CT molecular complexity index is 295. The minimum atomic E-state index is -0.632. The topological polar surface area (TPSA) is 66.8 Å². The van der Waals surface area contributed by atoms with Crippen LogP contribution in [0.4, 0.5) is 0 Å². The number of aliphatic hydroxyl groups is 1. The van der Waals surface area contributed by atoms with Crippen LogP contribution in [0.1, 0.15) is 10.4 Å². The molecule has 2 N–H and O–H groups in total. The Kier molecular flexibility index (Phi) is 3.28. The number of aromatic hydroxyl groups is 1. The Morgan fingerprint density at radius 1 is 1.38 bits per heavy atom. The first kappa shape index (κ1) is 9.54. The van der Waals surface area contributed by atoms with E-state index in [1.165, 1.54) is 12.1 Å². The van der Waals surface area contributed by atoms with Crippen molar-refractivity contribution in [3.05, 3.63) is 29.8 Å². The zero-order chi connectivity index (χ0) is 9.68. The fraction of sp³-hybridized carbons (Fsp3) is 0.222. The van der Waals surface area contributed by atoms with Crippen molar-refractivity contribution in [2.24, 2.45) is 0 Å². The average Bonchev–Trinajstić information content (AvgIpc) is 2.15. The predicted octanol–water partition coefficient (Wildman–Crippen LogP) is 0.541. The van der Waals surface area contributed by atoms with Gasteiger partial charge in [0, 0.05) is 0 Å². The third-order valence-corrected chi connectivity index (χ3v) is 1.45. The van der Waals surface area contributed by atoms with E-state index in [0.717, 1.165) is 0 Å². The zero-order valence-electron chi connectivity index (χ0n) is 6.93. The number of ether oxygens (including phenoxy) is 1. The van der Waals surface area contributed by atoms with Gasteiger partial charge in [0.15, 0.2) is 0 Å². The highest BCUT2D eigenvalue weighted by Gasteiger charge is 2.10. The van der Waals surface area contributed by atoms with Crippen LogP contribution in [0.3, 0.4) is 0 Å². The van der Waals surface area contributed by atoms with Gasteiger partial charge in [-0.3, -0.25) is 0 Å². The molecule has 70 valence electrons. The molecule has 0 heterocycles. The molecule has 0 aliphatic carbocycles. The predicted molar refractivity (Wildman–Crippen MR) is 45.5 cm³/mol. The lowest BCUT2D eigenvalue weighted by molar-refractivity contribution is 0.0430. The normalized spacial score (nSPS) is 9.62. The SMILES string of the molecule is O=C(OCCO)c1ccccc1O. The molecule has 0 saturated heterocycles. The van der Waals surface area contributed by atoms with Gasteiger partial charge in [-0.05, 0) is 12.1 Å². The number of benzene rings is 1. The lowest BCUT2D eigenvalue weighted by Gasteiger charge is -2.03. The number of para-hydroxylation sites is 1.